The van der Waals surface area contributed by atoms with Gasteiger partial charge in [0.25, 0.3) is 0 Å². The van der Waals surface area contributed by atoms with Crippen LogP contribution in [0.2, 0.25) is 0 Å². The summed E-state index contributed by atoms with van der Waals surface area (Å²) in [5.74, 6) is 0. The highest BCUT2D eigenvalue weighted by Gasteiger charge is 2.39. The highest BCUT2D eigenvalue weighted by Crippen LogP contribution is 2.37. The molecule has 0 aromatic heterocycles. The van der Waals surface area contributed by atoms with Crippen LogP contribution >= 0.6 is 0 Å². The Morgan fingerprint density at radius 1 is 1.18 bits per heavy atom. The predicted molar refractivity (Wildman–Crippen MR) is 69.4 cm³/mol. The molecule has 2 N–H and O–H groups in total. The summed E-state index contributed by atoms with van der Waals surface area (Å²) in [6.07, 6.45) is 4.71. The van der Waals surface area contributed by atoms with Crippen molar-refractivity contribution in [3.63, 3.8) is 0 Å². The van der Waals surface area contributed by atoms with Gasteiger partial charge in [0.2, 0.25) is 10.0 Å². The van der Waals surface area contributed by atoms with Crippen LogP contribution in [0.5, 0.6) is 0 Å². The molecular formula is C12H24N2O2S. The highest BCUT2D eigenvalue weighted by molar-refractivity contribution is 7.90. The quantitative estimate of drug-likeness (QED) is 0.802. The fourth-order valence-electron chi connectivity index (χ4n) is 2.95. The van der Waals surface area contributed by atoms with Crippen LogP contribution in [-0.2, 0) is 10.0 Å². The van der Waals surface area contributed by atoms with E-state index in [4.69, 9.17) is 0 Å². The van der Waals surface area contributed by atoms with E-state index in [1.807, 2.05) is 0 Å². The predicted octanol–water partition coefficient (Wildman–Crippen LogP) is 1.24. The van der Waals surface area contributed by atoms with E-state index in [0.29, 0.717) is 0 Å². The molecule has 100 valence electrons. The van der Waals surface area contributed by atoms with E-state index < -0.39 is 10.0 Å². The lowest BCUT2D eigenvalue weighted by Crippen LogP contribution is -2.48. The maximum atomic E-state index is 12.3. The molecule has 0 aromatic rings. The lowest BCUT2D eigenvalue weighted by molar-refractivity contribution is 0.311. The van der Waals surface area contributed by atoms with Crippen molar-refractivity contribution in [2.75, 3.05) is 13.1 Å². The van der Waals surface area contributed by atoms with Gasteiger partial charge >= 0.3 is 0 Å². The van der Waals surface area contributed by atoms with E-state index in [1.54, 1.807) is 0 Å². The second-order valence-electron chi connectivity index (χ2n) is 6.05. The zero-order valence-corrected chi connectivity index (χ0v) is 11.6. The van der Waals surface area contributed by atoms with Crippen LogP contribution in [0, 0.1) is 5.41 Å². The summed E-state index contributed by atoms with van der Waals surface area (Å²) < 4.78 is 27.5. The molecule has 1 aliphatic heterocycles. The first-order chi connectivity index (χ1) is 7.92. The lowest BCUT2D eigenvalue weighted by atomic mass is 9.88. The first-order valence-electron chi connectivity index (χ1n) is 6.64. The van der Waals surface area contributed by atoms with Crippen LogP contribution in [0.4, 0.5) is 0 Å². The van der Waals surface area contributed by atoms with Gasteiger partial charge < -0.3 is 5.32 Å². The maximum absolute atomic E-state index is 12.3. The smallest absolute Gasteiger partial charge is 0.214 e. The van der Waals surface area contributed by atoms with E-state index in [2.05, 4.69) is 23.9 Å². The Hall–Kier alpha value is -0.130. The summed E-state index contributed by atoms with van der Waals surface area (Å²) >= 11 is 0. The molecular weight excluding hydrogens is 236 g/mol. The van der Waals surface area contributed by atoms with Crippen LogP contribution in [0.15, 0.2) is 0 Å². The van der Waals surface area contributed by atoms with Gasteiger partial charge in [-0.05, 0) is 44.2 Å². The monoisotopic (exact) mass is 260 g/mol. The minimum absolute atomic E-state index is 0.111. The van der Waals surface area contributed by atoms with Gasteiger partial charge in [-0.25, -0.2) is 13.1 Å². The number of nitrogens with one attached hydrogen (secondary N) is 2. The van der Waals surface area contributed by atoms with Gasteiger partial charge in [0.1, 0.15) is 0 Å². The van der Waals surface area contributed by atoms with E-state index in [0.717, 1.165) is 45.2 Å². The Balaban J connectivity index is 2.01. The Morgan fingerprint density at radius 2 is 1.82 bits per heavy atom. The summed E-state index contributed by atoms with van der Waals surface area (Å²) in [5.41, 5.74) is 0.111. The van der Waals surface area contributed by atoms with Crippen LogP contribution in [0.1, 0.15) is 46.0 Å². The molecule has 1 heterocycles. The van der Waals surface area contributed by atoms with Crippen LogP contribution in [0.25, 0.3) is 0 Å². The zero-order chi connectivity index (χ0) is 12.5. The molecule has 0 spiro atoms. The van der Waals surface area contributed by atoms with E-state index >= 15 is 0 Å². The van der Waals surface area contributed by atoms with Crippen LogP contribution in [-0.4, -0.2) is 32.8 Å². The van der Waals surface area contributed by atoms with Crippen molar-refractivity contribution >= 4 is 10.0 Å². The van der Waals surface area contributed by atoms with Crippen molar-refractivity contribution in [1.29, 1.82) is 0 Å². The molecule has 1 aliphatic carbocycles. The van der Waals surface area contributed by atoms with Gasteiger partial charge in [-0.15, -0.1) is 0 Å². The largest absolute Gasteiger partial charge is 0.317 e. The molecule has 1 saturated heterocycles. The molecule has 0 radical (unpaired) electrons. The minimum atomic E-state index is -3.13. The van der Waals surface area contributed by atoms with Gasteiger partial charge in [0.15, 0.2) is 0 Å². The highest BCUT2D eigenvalue weighted by atomic mass is 32.2. The Morgan fingerprint density at radius 3 is 2.35 bits per heavy atom. The summed E-state index contributed by atoms with van der Waals surface area (Å²) in [7, 11) is -3.13. The van der Waals surface area contributed by atoms with Crippen molar-refractivity contribution in [2.24, 2.45) is 5.41 Å². The fourth-order valence-corrected chi connectivity index (χ4v) is 4.83. The third-order valence-electron chi connectivity index (χ3n) is 4.29. The summed E-state index contributed by atoms with van der Waals surface area (Å²) in [5, 5.41) is 3.01. The molecule has 2 aliphatic rings. The molecule has 2 fully saturated rings. The number of sulfonamides is 1. The van der Waals surface area contributed by atoms with Crippen molar-refractivity contribution in [3.8, 4) is 0 Å². The van der Waals surface area contributed by atoms with Gasteiger partial charge in [-0.2, -0.15) is 0 Å². The van der Waals surface area contributed by atoms with Crippen molar-refractivity contribution in [3.05, 3.63) is 0 Å². The summed E-state index contributed by atoms with van der Waals surface area (Å²) in [4.78, 5) is 0. The first-order valence-corrected chi connectivity index (χ1v) is 8.18. The SMILES string of the molecule is CC1(C)CCCC1NS(=O)(=O)C1CCNCC1. The molecule has 2 rings (SSSR count). The van der Waals surface area contributed by atoms with Gasteiger partial charge in [-0.1, -0.05) is 20.3 Å². The van der Waals surface area contributed by atoms with Crippen molar-refractivity contribution in [2.45, 2.75) is 57.2 Å². The third kappa shape index (κ3) is 3.01. The summed E-state index contributed by atoms with van der Waals surface area (Å²) in [6.45, 7) is 5.96. The standard InChI is InChI=1S/C12H24N2O2S/c1-12(2)7-3-4-11(12)14-17(15,16)10-5-8-13-9-6-10/h10-11,13-14H,3-9H2,1-2H3. The Bertz CT molecular complexity index is 359. The van der Waals surface area contributed by atoms with E-state index in [-0.39, 0.29) is 16.7 Å². The number of hydrogen-bond donors (Lipinski definition) is 2. The van der Waals surface area contributed by atoms with E-state index in [9.17, 15) is 8.42 Å². The second kappa shape index (κ2) is 4.86. The average molecular weight is 260 g/mol. The normalized spacial score (nSPS) is 30.6. The molecule has 4 nitrogen and oxygen atoms in total. The van der Waals surface area contributed by atoms with Crippen LogP contribution < -0.4 is 10.0 Å². The number of hydrogen-bond acceptors (Lipinski definition) is 3. The molecule has 0 aromatic carbocycles. The lowest BCUT2D eigenvalue weighted by Gasteiger charge is -2.30. The number of piperidine rings is 1. The first kappa shape index (κ1) is 13.3. The van der Waals surface area contributed by atoms with Gasteiger partial charge in [0, 0.05) is 6.04 Å². The third-order valence-corrected chi connectivity index (χ3v) is 6.25. The van der Waals surface area contributed by atoms with Crippen LogP contribution in [0.3, 0.4) is 0 Å². The molecule has 0 amide bonds. The molecule has 17 heavy (non-hydrogen) atoms. The molecule has 1 unspecified atom stereocenters. The molecule has 5 heteroatoms. The topological polar surface area (TPSA) is 58.2 Å². The Labute approximate surface area is 105 Å². The molecule has 1 atom stereocenters. The number of rotatable bonds is 3. The van der Waals surface area contributed by atoms with Crippen molar-refractivity contribution in [1.82, 2.24) is 10.0 Å². The maximum Gasteiger partial charge on any atom is 0.214 e. The van der Waals surface area contributed by atoms with Crippen molar-refractivity contribution < 1.29 is 8.42 Å². The second-order valence-corrected chi connectivity index (χ2v) is 8.04. The van der Waals surface area contributed by atoms with Gasteiger partial charge in [-0.3, -0.25) is 0 Å². The molecule has 0 bridgehead atoms. The molecule has 1 saturated carbocycles. The zero-order valence-electron chi connectivity index (χ0n) is 10.8. The van der Waals surface area contributed by atoms with E-state index in [1.165, 1.54) is 0 Å². The minimum Gasteiger partial charge on any atom is -0.317 e. The fraction of sp³-hybridized carbons (Fsp3) is 1.00. The Kier molecular flexibility index (Phi) is 3.80. The van der Waals surface area contributed by atoms with Gasteiger partial charge in [0.05, 0.1) is 5.25 Å². The summed E-state index contributed by atoms with van der Waals surface area (Å²) in [6, 6.07) is 0.127. The average Bonchev–Trinajstić information content (AvgIpc) is 2.59.